The minimum atomic E-state index is 0.906. The van der Waals surface area contributed by atoms with Crippen LogP contribution in [-0.2, 0) is 0 Å². The Morgan fingerprint density at radius 3 is 2.00 bits per heavy atom. The second-order valence-corrected chi connectivity index (χ2v) is 7.28. The molecular weight excluding hydrogens is 366 g/mol. The first-order valence-corrected chi connectivity index (χ1v) is 9.87. The van der Waals surface area contributed by atoms with Crippen LogP contribution in [0.2, 0.25) is 0 Å². The molecule has 0 saturated heterocycles. The normalized spacial score (nSPS) is 11.3. The van der Waals surface area contributed by atoms with Crippen LogP contribution >= 0.6 is 0 Å². The maximum atomic E-state index is 4.79. The summed E-state index contributed by atoms with van der Waals surface area (Å²) < 4.78 is 0. The fourth-order valence-corrected chi connectivity index (χ4v) is 4.09. The smallest absolute Gasteiger partial charge is 0.0793 e. The molecule has 0 spiro atoms. The third-order valence-corrected chi connectivity index (χ3v) is 5.52. The Morgan fingerprint density at radius 2 is 1.23 bits per heavy atom. The molecule has 0 aliphatic heterocycles. The van der Waals surface area contributed by atoms with E-state index in [0.717, 1.165) is 54.8 Å². The zero-order chi connectivity index (χ0) is 19.9. The molecule has 0 aliphatic rings. The number of aromatic nitrogens is 3. The molecule has 0 unspecified atom stereocenters. The van der Waals surface area contributed by atoms with Crippen LogP contribution in [0, 0.1) is 6.07 Å². The highest BCUT2D eigenvalue weighted by molar-refractivity contribution is 6.05. The van der Waals surface area contributed by atoms with E-state index in [0.29, 0.717) is 0 Å². The van der Waals surface area contributed by atoms with Gasteiger partial charge < -0.3 is 0 Å². The molecule has 3 nitrogen and oxygen atoms in total. The summed E-state index contributed by atoms with van der Waals surface area (Å²) in [6, 6.07) is 28.5. The first kappa shape index (κ1) is 16.8. The monoisotopic (exact) mass is 382 g/mol. The second-order valence-electron chi connectivity index (χ2n) is 7.28. The molecule has 0 saturated carbocycles. The lowest BCUT2D eigenvalue weighted by Gasteiger charge is -2.14. The average molecular weight is 382 g/mol. The van der Waals surface area contributed by atoms with Crippen LogP contribution in [0.1, 0.15) is 0 Å². The van der Waals surface area contributed by atoms with Crippen molar-refractivity contribution in [3.05, 3.63) is 104 Å². The summed E-state index contributed by atoms with van der Waals surface area (Å²) in [7, 11) is 0. The van der Waals surface area contributed by atoms with Crippen molar-refractivity contribution >= 4 is 32.3 Å². The number of hydrogen-bond donors (Lipinski definition) is 0. The molecule has 0 aliphatic carbocycles. The van der Waals surface area contributed by atoms with Crippen molar-refractivity contribution in [3.8, 4) is 22.5 Å². The van der Waals surface area contributed by atoms with Crippen molar-refractivity contribution < 1.29 is 0 Å². The molecule has 3 aromatic carbocycles. The van der Waals surface area contributed by atoms with E-state index in [4.69, 9.17) is 9.97 Å². The zero-order valence-electron chi connectivity index (χ0n) is 16.1. The number of rotatable bonds is 2. The highest BCUT2D eigenvalue weighted by atomic mass is 14.7. The molecule has 0 fully saturated rings. The Bertz CT molecular complexity index is 1420. The van der Waals surface area contributed by atoms with Gasteiger partial charge >= 0.3 is 0 Å². The lowest BCUT2D eigenvalue weighted by molar-refractivity contribution is 1.33. The minimum Gasteiger partial charge on any atom is -0.264 e. The first-order chi connectivity index (χ1) is 14.9. The molecule has 3 heterocycles. The van der Waals surface area contributed by atoms with E-state index < -0.39 is 0 Å². The van der Waals surface area contributed by atoms with Gasteiger partial charge in [-0.15, -0.1) is 0 Å². The van der Waals surface area contributed by atoms with Crippen molar-refractivity contribution in [2.75, 3.05) is 0 Å². The lowest BCUT2D eigenvalue weighted by atomic mass is 9.92. The average Bonchev–Trinajstić information content (AvgIpc) is 2.82. The molecule has 0 amide bonds. The highest BCUT2D eigenvalue weighted by Gasteiger charge is 2.16. The van der Waals surface area contributed by atoms with Crippen LogP contribution in [0.5, 0.6) is 0 Å². The van der Waals surface area contributed by atoms with Crippen molar-refractivity contribution in [1.82, 2.24) is 15.0 Å². The van der Waals surface area contributed by atoms with E-state index >= 15 is 0 Å². The predicted octanol–water partition coefficient (Wildman–Crippen LogP) is 6.47. The summed E-state index contributed by atoms with van der Waals surface area (Å²) in [6.45, 7) is 0. The number of benzene rings is 3. The number of fused-ring (bicyclic) bond motifs is 3. The summed E-state index contributed by atoms with van der Waals surface area (Å²) >= 11 is 0. The van der Waals surface area contributed by atoms with Crippen LogP contribution in [0.25, 0.3) is 54.8 Å². The number of nitrogens with zero attached hydrogens (tertiary/aromatic N) is 3. The standard InChI is InChI=1S/C27H16N3/c1-3-7-22-18(5-1)10-13-29-26(22)24-15-20-9-12-28-17-21(20)16-25(24)27-23-8-4-2-6-19(23)11-14-30-27/h1-15,17H. The molecule has 0 atom stereocenters. The van der Waals surface area contributed by atoms with Crippen LogP contribution < -0.4 is 0 Å². The fraction of sp³-hybridized carbons (Fsp3) is 0. The van der Waals surface area contributed by atoms with Crippen molar-refractivity contribution in [1.29, 1.82) is 0 Å². The maximum Gasteiger partial charge on any atom is 0.0793 e. The van der Waals surface area contributed by atoms with Gasteiger partial charge in [-0.1, -0.05) is 48.5 Å². The van der Waals surface area contributed by atoms with Crippen molar-refractivity contribution in [2.24, 2.45) is 0 Å². The van der Waals surface area contributed by atoms with Gasteiger partial charge in [0.25, 0.3) is 0 Å². The van der Waals surface area contributed by atoms with Gasteiger partial charge in [-0.2, -0.15) is 0 Å². The Balaban J connectivity index is 1.76. The summed E-state index contributed by atoms with van der Waals surface area (Å²) in [5.41, 5.74) is 3.81. The molecular formula is C27H16N3. The molecule has 6 aromatic rings. The quantitative estimate of drug-likeness (QED) is 0.345. The predicted molar refractivity (Wildman–Crippen MR) is 122 cm³/mol. The second kappa shape index (κ2) is 6.75. The van der Waals surface area contributed by atoms with Gasteiger partial charge in [0.2, 0.25) is 0 Å². The summed E-state index contributed by atoms with van der Waals surface area (Å²) in [5, 5.41) is 6.57. The fourth-order valence-electron chi connectivity index (χ4n) is 4.09. The summed E-state index contributed by atoms with van der Waals surface area (Å²) in [5.74, 6) is 0. The van der Waals surface area contributed by atoms with E-state index in [1.807, 2.05) is 55.1 Å². The molecule has 3 heteroatoms. The third kappa shape index (κ3) is 2.64. The Kier molecular flexibility index (Phi) is 3.78. The van der Waals surface area contributed by atoms with E-state index in [2.05, 4.69) is 53.5 Å². The van der Waals surface area contributed by atoms with Crippen LogP contribution in [0.3, 0.4) is 0 Å². The molecule has 30 heavy (non-hydrogen) atoms. The first-order valence-electron chi connectivity index (χ1n) is 9.87. The van der Waals surface area contributed by atoms with E-state index in [1.165, 1.54) is 0 Å². The number of pyridine rings is 3. The molecule has 3 aromatic heterocycles. The van der Waals surface area contributed by atoms with Gasteiger partial charge in [0.05, 0.1) is 11.4 Å². The SMILES string of the molecule is [c]1c(-c2nccc3ccccc23)c(-c2nccc3ccccc23)cc2ccncc12. The van der Waals surface area contributed by atoms with Crippen molar-refractivity contribution in [3.63, 3.8) is 0 Å². The van der Waals surface area contributed by atoms with Gasteiger partial charge in [-0.25, -0.2) is 0 Å². The van der Waals surface area contributed by atoms with Gasteiger partial charge in [0.15, 0.2) is 0 Å². The summed E-state index contributed by atoms with van der Waals surface area (Å²) in [4.78, 5) is 13.9. The van der Waals surface area contributed by atoms with Crippen molar-refractivity contribution in [2.45, 2.75) is 0 Å². The Hall–Kier alpha value is -4.11. The topological polar surface area (TPSA) is 38.7 Å². The largest absolute Gasteiger partial charge is 0.264 e. The molecule has 1 radical (unpaired) electrons. The highest BCUT2D eigenvalue weighted by Crippen LogP contribution is 2.38. The van der Waals surface area contributed by atoms with Gasteiger partial charge in [0.1, 0.15) is 0 Å². The third-order valence-electron chi connectivity index (χ3n) is 5.52. The molecule has 139 valence electrons. The zero-order valence-corrected chi connectivity index (χ0v) is 16.1. The molecule has 0 N–H and O–H groups in total. The maximum absolute atomic E-state index is 4.79. The molecule has 0 bridgehead atoms. The van der Waals surface area contributed by atoms with Gasteiger partial charge in [-0.05, 0) is 40.4 Å². The van der Waals surface area contributed by atoms with Gasteiger partial charge in [-0.3, -0.25) is 15.0 Å². The molecule has 6 rings (SSSR count). The van der Waals surface area contributed by atoms with Crippen LogP contribution in [0.4, 0.5) is 0 Å². The Morgan fingerprint density at radius 1 is 0.600 bits per heavy atom. The summed E-state index contributed by atoms with van der Waals surface area (Å²) in [6.07, 6.45) is 7.39. The van der Waals surface area contributed by atoms with E-state index in [9.17, 15) is 0 Å². The van der Waals surface area contributed by atoms with E-state index in [-0.39, 0.29) is 0 Å². The van der Waals surface area contributed by atoms with E-state index in [1.54, 1.807) is 0 Å². The number of hydrogen-bond acceptors (Lipinski definition) is 3. The van der Waals surface area contributed by atoms with Crippen LogP contribution in [0.15, 0.2) is 97.6 Å². The Labute approximate surface area is 173 Å². The van der Waals surface area contributed by atoms with Gasteiger partial charge in [0, 0.05) is 58.1 Å². The van der Waals surface area contributed by atoms with Crippen LogP contribution in [-0.4, -0.2) is 15.0 Å². The minimum absolute atomic E-state index is 0.906. The lowest BCUT2D eigenvalue weighted by Crippen LogP contribution is -1.94.